The highest BCUT2D eigenvalue weighted by Crippen LogP contribution is 2.26. The summed E-state index contributed by atoms with van der Waals surface area (Å²) in [4.78, 5) is 15.7. The average Bonchev–Trinajstić information content (AvgIpc) is 2.74. The second-order valence-corrected chi connectivity index (χ2v) is 5.35. The first-order valence-corrected chi connectivity index (χ1v) is 7.27. The molecule has 4 heteroatoms. The van der Waals surface area contributed by atoms with Crippen LogP contribution in [-0.2, 0) is 0 Å². The van der Waals surface area contributed by atoms with Gasteiger partial charge in [0.15, 0.2) is 0 Å². The summed E-state index contributed by atoms with van der Waals surface area (Å²) >= 11 is 0. The Morgan fingerprint density at radius 3 is 2.80 bits per heavy atom. The molecule has 0 aliphatic carbocycles. The first-order valence-electron chi connectivity index (χ1n) is 7.27. The van der Waals surface area contributed by atoms with Gasteiger partial charge in [-0.05, 0) is 32.4 Å². The maximum atomic E-state index is 11.3. The van der Waals surface area contributed by atoms with Gasteiger partial charge < -0.3 is 9.67 Å². The van der Waals surface area contributed by atoms with Gasteiger partial charge in [0.25, 0.3) is 0 Å². The molecule has 2 aromatic rings. The van der Waals surface area contributed by atoms with Gasteiger partial charge in [-0.15, -0.1) is 0 Å². The lowest BCUT2D eigenvalue weighted by Gasteiger charge is -2.16. The summed E-state index contributed by atoms with van der Waals surface area (Å²) in [6, 6.07) is 5.71. The molecule has 108 valence electrons. The lowest BCUT2D eigenvalue weighted by molar-refractivity contribution is 0.0699. The smallest absolute Gasteiger partial charge is 0.337 e. The van der Waals surface area contributed by atoms with Gasteiger partial charge in [0, 0.05) is 6.04 Å². The number of carboxylic acid groups (broad SMARTS) is 1. The van der Waals surface area contributed by atoms with Crippen LogP contribution in [0.25, 0.3) is 11.0 Å². The molecule has 0 saturated heterocycles. The minimum Gasteiger partial charge on any atom is -0.478 e. The quantitative estimate of drug-likeness (QED) is 0.804. The Balaban J connectivity index is 2.41. The van der Waals surface area contributed by atoms with Crippen LogP contribution in [-0.4, -0.2) is 20.6 Å². The Bertz CT molecular complexity index is 616. The third-order valence-electron chi connectivity index (χ3n) is 3.79. The molecule has 0 fully saturated rings. The van der Waals surface area contributed by atoms with Crippen molar-refractivity contribution in [2.75, 3.05) is 0 Å². The summed E-state index contributed by atoms with van der Waals surface area (Å²) in [6.07, 6.45) is 4.72. The zero-order chi connectivity index (χ0) is 14.7. The second-order valence-electron chi connectivity index (χ2n) is 5.35. The number of hydrogen-bond acceptors (Lipinski definition) is 2. The molecule has 0 radical (unpaired) electrons. The van der Waals surface area contributed by atoms with E-state index in [0.717, 1.165) is 17.8 Å². The van der Waals surface area contributed by atoms with E-state index in [9.17, 15) is 9.90 Å². The Morgan fingerprint density at radius 1 is 1.40 bits per heavy atom. The van der Waals surface area contributed by atoms with Crippen molar-refractivity contribution in [3.05, 3.63) is 29.6 Å². The normalized spacial score (nSPS) is 12.8. The number of rotatable bonds is 6. The molecule has 1 aromatic heterocycles. The van der Waals surface area contributed by atoms with Crippen molar-refractivity contribution < 1.29 is 9.90 Å². The molecule has 0 amide bonds. The van der Waals surface area contributed by atoms with Gasteiger partial charge in [0.1, 0.15) is 11.3 Å². The van der Waals surface area contributed by atoms with Gasteiger partial charge in [0.05, 0.1) is 11.1 Å². The van der Waals surface area contributed by atoms with E-state index in [1.807, 2.05) is 13.0 Å². The van der Waals surface area contributed by atoms with Gasteiger partial charge in [0.2, 0.25) is 0 Å². The molecule has 1 aromatic carbocycles. The number of carbonyl (C=O) groups is 1. The first kappa shape index (κ1) is 14.6. The fourth-order valence-electron chi connectivity index (χ4n) is 2.78. The molecule has 4 nitrogen and oxygen atoms in total. The number of unbranched alkanes of at least 4 members (excludes halogenated alkanes) is 2. The third-order valence-corrected chi connectivity index (χ3v) is 3.79. The minimum absolute atomic E-state index is 0.283. The van der Waals surface area contributed by atoms with Crippen LogP contribution in [0.2, 0.25) is 0 Å². The van der Waals surface area contributed by atoms with E-state index in [0.29, 0.717) is 11.6 Å². The highest BCUT2D eigenvalue weighted by atomic mass is 16.4. The second kappa shape index (κ2) is 6.07. The van der Waals surface area contributed by atoms with Crippen LogP contribution >= 0.6 is 0 Å². The van der Waals surface area contributed by atoms with Crippen LogP contribution < -0.4 is 0 Å². The van der Waals surface area contributed by atoms with Crippen LogP contribution in [0.1, 0.15) is 61.8 Å². The van der Waals surface area contributed by atoms with Gasteiger partial charge in [-0.25, -0.2) is 9.78 Å². The monoisotopic (exact) mass is 274 g/mol. The molecule has 1 atom stereocenters. The van der Waals surface area contributed by atoms with Crippen molar-refractivity contribution in [2.45, 2.75) is 52.5 Å². The molecule has 20 heavy (non-hydrogen) atoms. The number of hydrogen-bond donors (Lipinski definition) is 1. The number of fused-ring (bicyclic) bond motifs is 1. The number of imidazole rings is 1. The zero-order valence-electron chi connectivity index (χ0n) is 12.4. The van der Waals surface area contributed by atoms with E-state index in [1.54, 1.807) is 12.1 Å². The summed E-state index contributed by atoms with van der Waals surface area (Å²) in [7, 11) is 0. The summed E-state index contributed by atoms with van der Waals surface area (Å²) in [5.41, 5.74) is 1.80. The van der Waals surface area contributed by atoms with Crippen molar-refractivity contribution in [3.8, 4) is 0 Å². The molecule has 0 aliphatic rings. The average molecular weight is 274 g/mol. The molecule has 0 spiro atoms. The molecule has 2 rings (SSSR count). The van der Waals surface area contributed by atoms with E-state index in [4.69, 9.17) is 0 Å². The van der Waals surface area contributed by atoms with Crippen molar-refractivity contribution in [2.24, 2.45) is 0 Å². The Hall–Kier alpha value is -1.84. The summed E-state index contributed by atoms with van der Waals surface area (Å²) in [5.74, 6) is -0.0309. The van der Waals surface area contributed by atoms with E-state index in [-0.39, 0.29) is 5.56 Å². The zero-order valence-corrected chi connectivity index (χ0v) is 12.4. The molecule has 1 heterocycles. The predicted octanol–water partition coefficient (Wildman–Crippen LogP) is 4.18. The summed E-state index contributed by atoms with van der Waals surface area (Å²) < 4.78 is 2.16. The van der Waals surface area contributed by atoms with Crippen molar-refractivity contribution in [1.29, 1.82) is 0 Å². The molecular formula is C16H22N2O2. The maximum absolute atomic E-state index is 11.3. The summed E-state index contributed by atoms with van der Waals surface area (Å²) in [6.45, 7) is 6.32. The maximum Gasteiger partial charge on any atom is 0.337 e. The molecule has 1 N–H and O–H groups in total. The third kappa shape index (κ3) is 2.69. The van der Waals surface area contributed by atoms with Gasteiger partial charge >= 0.3 is 5.97 Å². The van der Waals surface area contributed by atoms with Crippen molar-refractivity contribution in [1.82, 2.24) is 9.55 Å². The fourth-order valence-corrected chi connectivity index (χ4v) is 2.78. The Labute approximate surface area is 119 Å². The van der Waals surface area contributed by atoms with Crippen LogP contribution in [0.3, 0.4) is 0 Å². The summed E-state index contributed by atoms with van der Waals surface area (Å²) in [5, 5.41) is 9.25. The topological polar surface area (TPSA) is 55.1 Å². The van der Waals surface area contributed by atoms with E-state index in [2.05, 4.69) is 23.4 Å². The van der Waals surface area contributed by atoms with Crippen LogP contribution in [0, 0.1) is 6.92 Å². The molecule has 0 aliphatic heterocycles. The lowest BCUT2D eigenvalue weighted by atomic mass is 10.1. The van der Waals surface area contributed by atoms with Crippen molar-refractivity contribution >= 4 is 17.0 Å². The van der Waals surface area contributed by atoms with Gasteiger partial charge in [-0.1, -0.05) is 32.3 Å². The first-order chi connectivity index (χ1) is 9.56. The number of carboxylic acids is 1. The molecular weight excluding hydrogens is 252 g/mol. The highest BCUT2D eigenvalue weighted by molar-refractivity contribution is 6.01. The molecule has 0 saturated carbocycles. The van der Waals surface area contributed by atoms with Crippen LogP contribution in [0.4, 0.5) is 0 Å². The fraction of sp³-hybridized carbons (Fsp3) is 0.500. The van der Waals surface area contributed by atoms with Crippen LogP contribution in [0.15, 0.2) is 18.2 Å². The van der Waals surface area contributed by atoms with E-state index in [1.165, 1.54) is 19.3 Å². The molecule has 1 unspecified atom stereocenters. The minimum atomic E-state index is -0.918. The number of aromatic nitrogens is 2. The van der Waals surface area contributed by atoms with Gasteiger partial charge in [-0.3, -0.25) is 0 Å². The Kier molecular flexibility index (Phi) is 4.42. The largest absolute Gasteiger partial charge is 0.478 e. The SMILES string of the molecule is CCCCCC(C)n1c(C)nc2c(C(=O)O)cccc21. The van der Waals surface area contributed by atoms with E-state index < -0.39 is 5.97 Å². The number of aryl methyl sites for hydroxylation is 1. The lowest BCUT2D eigenvalue weighted by Crippen LogP contribution is -2.07. The highest BCUT2D eigenvalue weighted by Gasteiger charge is 2.17. The van der Waals surface area contributed by atoms with Gasteiger partial charge in [-0.2, -0.15) is 0 Å². The predicted molar refractivity (Wildman–Crippen MR) is 80.3 cm³/mol. The number of benzene rings is 1. The Morgan fingerprint density at radius 2 is 2.15 bits per heavy atom. The number of nitrogens with zero attached hydrogens (tertiary/aromatic N) is 2. The standard InChI is InChI=1S/C16H22N2O2/c1-4-5-6-8-11(2)18-12(3)17-15-13(16(19)20)9-7-10-14(15)18/h7,9-11H,4-6,8H2,1-3H3,(H,19,20). The van der Waals surface area contributed by atoms with Crippen LogP contribution in [0.5, 0.6) is 0 Å². The molecule has 0 bridgehead atoms. The van der Waals surface area contributed by atoms with E-state index >= 15 is 0 Å². The number of para-hydroxylation sites is 1. The van der Waals surface area contributed by atoms with Crippen molar-refractivity contribution in [3.63, 3.8) is 0 Å². The number of aromatic carboxylic acids is 1.